The summed E-state index contributed by atoms with van der Waals surface area (Å²) in [6, 6.07) is 8.02. The molecule has 0 heterocycles. The Balaban J connectivity index is 1.67. The quantitative estimate of drug-likeness (QED) is 0.214. The Bertz CT molecular complexity index is 752. The molecule has 0 aliphatic heterocycles. The molecule has 0 unspecified atom stereocenters. The molecule has 33 heavy (non-hydrogen) atoms. The second-order valence-corrected chi connectivity index (χ2v) is 9.61. The molecule has 1 fully saturated rings. The van der Waals surface area contributed by atoms with Gasteiger partial charge in [0, 0.05) is 24.7 Å². The number of carbonyl (C=O) groups is 2. The maximum absolute atomic E-state index is 12.5. The molecule has 1 saturated carbocycles. The van der Waals surface area contributed by atoms with E-state index in [1.54, 1.807) is 0 Å². The molecule has 1 aliphatic carbocycles. The highest BCUT2D eigenvalue weighted by Crippen LogP contribution is 2.28. The minimum atomic E-state index is -0.232. The van der Waals surface area contributed by atoms with Crippen LogP contribution in [-0.4, -0.2) is 24.2 Å². The van der Waals surface area contributed by atoms with Crippen molar-refractivity contribution in [1.82, 2.24) is 16.1 Å². The molecule has 1 aromatic carbocycles. The molecular weight excluding hydrogens is 412 g/mol. The van der Waals surface area contributed by atoms with E-state index in [-0.39, 0.29) is 17.9 Å². The first-order valence-corrected chi connectivity index (χ1v) is 12.9. The summed E-state index contributed by atoms with van der Waals surface area (Å²) in [4.78, 5) is 24.8. The highest BCUT2D eigenvalue weighted by atomic mass is 16.2. The fourth-order valence-corrected chi connectivity index (χ4v) is 4.27. The minimum Gasteiger partial charge on any atom is -0.352 e. The third-order valence-corrected chi connectivity index (χ3v) is 6.87. The largest absolute Gasteiger partial charge is 0.352 e. The molecule has 1 aliphatic rings. The number of amides is 3. The first kappa shape index (κ1) is 26.9. The smallest absolute Gasteiger partial charge is 0.335 e. The molecule has 184 valence electrons. The van der Waals surface area contributed by atoms with Crippen molar-refractivity contribution < 1.29 is 9.59 Å². The molecular formula is C27H44N4O2. The van der Waals surface area contributed by atoms with Crippen LogP contribution in [0.2, 0.25) is 0 Å². The number of hydrazone groups is 1. The van der Waals surface area contributed by atoms with E-state index in [4.69, 9.17) is 0 Å². The molecule has 6 nitrogen and oxygen atoms in total. The number of nitrogens with one attached hydrogen (secondary N) is 3. The Kier molecular flexibility index (Phi) is 12.0. The van der Waals surface area contributed by atoms with Crippen molar-refractivity contribution in [2.75, 3.05) is 6.54 Å². The van der Waals surface area contributed by atoms with Crippen molar-refractivity contribution in [3.05, 3.63) is 35.4 Å². The molecule has 0 bridgehead atoms. The van der Waals surface area contributed by atoms with Gasteiger partial charge in [-0.15, -0.1) is 0 Å². The Morgan fingerprint density at radius 1 is 1.03 bits per heavy atom. The molecule has 0 saturated heterocycles. The molecule has 6 heteroatoms. The molecule has 1 aromatic rings. The average Bonchev–Trinajstić information content (AvgIpc) is 2.84. The molecule has 0 radical (unpaired) electrons. The van der Waals surface area contributed by atoms with Gasteiger partial charge in [0.05, 0.1) is 0 Å². The Hall–Kier alpha value is -2.37. The van der Waals surface area contributed by atoms with Crippen molar-refractivity contribution in [2.24, 2.45) is 22.9 Å². The Morgan fingerprint density at radius 2 is 1.73 bits per heavy atom. The first-order valence-electron chi connectivity index (χ1n) is 12.9. The van der Waals surface area contributed by atoms with Crippen LogP contribution in [0, 0.1) is 24.7 Å². The topological polar surface area (TPSA) is 82.6 Å². The fourth-order valence-electron chi connectivity index (χ4n) is 4.27. The van der Waals surface area contributed by atoms with Gasteiger partial charge in [0.25, 0.3) is 0 Å². The number of hydrogen-bond donors (Lipinski definition) is 3. The second-order valence-electron chi connectivity index (χ2n) is 9.61. The van der Waals surface area contributed by atoms with E-state index in [0.29, 0.717) is 24.9 Å². The summed E-state index contributed by atoms with van der Waals surface area (Å²) >= 11 is 0. The zero-order chi connectivity index (χ0) is 24.1. The van der Waals surface area contributed by atoms with E-state index in [1.807, 2.05) is 0 Å². The summed E-state index contributed by atoms with van der Waals surface area (Å²) in [5.74, 6) is 1.02. The van der Waals surface area contributed by atoms with Gasteiger partial charge < -0.3 is 10.6 Å². The number of benzene rings is 1. The van der Waals surface area contributed by atoms with E-state index in [2.05, 4.69) is 73.1 Å². The lowest BCUT2D eigenvalue weighted by Gasteiger charge is -2.27. The van der Waals surface area contributed by atoms with Gasteiger partial charge in [-0.1, -0.05) is 63.4 Å². The third kappa shape index (κ3) is 9.97. The predicted molar refractivity (Wildman–Crippen MR) is 136 cm³/mol. The molecule has 3 amide bonds. The van der Waals surface area contributed by atoms with Crippen LogP contribution in [0.5, 0.6) is 0 Å². The van der Waals surface area contributed by atoms with Gasteiger partial charge in [-0.25, -0.2) is 10.2 Å². The van der Waals surface area contributed by atoms with Gasteiger partial charge in [-0.05, 0) is 69.3 Å². The van der Waals surface area contributed by atoms with Gasteiger partial charge in [0.1, 0.15) is 0 Å². The molecule has 0 aromatic heterocycles. The number of hydrogen-bond acceptors (Lipinski definition) is 3. The first-order chi connectivity index (χ1) is 15.9. The molecule has 3 N–H and O–H groups in total. The summed E-state index contributed by atoms with van der Waals surface area (Å²) < 4.78 is 0. The zero-order valence-corrected chi connectivity index (χ0v) is 21.1. The van der Waals surface area contributed by atoms with Crippen LogP contribution < -0.4 is 16.1 Å². The van der Waals surface area contributed by atoms with Gasteiger partial charge in [-0.2, -0.15) is 5.10 Å². The summed E-state index contributed by atoms with van der Waals surface area (Å²) in [6.45, 7) is 9.78. The highest BCUT2D eigenvalue weighted by molar-refractivity contribution is 5.87. The van der Waals surface area contributed by atoms with E-state index in [9.17, 15) is 9.59 Å². The van der Waals surface area contributed by atoms with E-state index < -0.39 is 0 Å². The van der Waals surface area contributed by atoms with Crippen molar-refractivity contribution in [1.29, 1.82) is 0 Å². The summed E-state index contributed by atoms with van der Waals surface area (Å²) in [5.41, 5.74) is 6.13. The lowest BCUT2D eigenvalue weighted by Crippen LogP contribution is -2.39. The highest BCUT2D eigenvalue weighted by Gasteiger charge is 2.26. The normalized spacial score (nSPS) is 19.6. The number of unbranched alkanes of at least 4 members (excludes halogenated alkanes) is 2. The van der Waals surface area contributed by atoms with Crippen molar-refractivity contribution in [3.8, 4) is 0 Å². The number of nitrogens with zero attached hydrogens (tertiary/aromatic N) is 1. The van der Waals surface area contributed by atoms with Gasteiger partial charge >= 0.3 is 6.03 Å². The zero-order valence-electron chi connectivity index (χ0n) is 21.1. The average molecular weight is 457 g/mol. The Labute approximate surface area is 200 Å². The van der Waals surface area contributed by atoms with Crippen LogP contribution in [0.25, 0.3) is 0 Å². The van der Waals surface area contributed by atoms with Gasteiger partial charge in [0.15, 0.2) is 0 Å². The predicted octanol–water partition coefficient (Wildman–Crippen LogP) is 5.70. The van der Waals surface area contributed by atoms with Gasteiger partial charge in [-0.3, -0.25) is 4.79 Å². The number of rotatable bonds is 12. The minimum absolute atomic E-state index is 0.0753. The van der Waals surface area contributed by atoms with Crippen LogP contribution in [0.15, 0.2) is 29.4 Å². The van der Waals surface area contributed by atoms with Crippen LogP contribution >= 0.6 is 0 Å². The number of carbonyl (C=O) groups excluding carboxylic acids is 2. The van der Waals surface area contributed by atoms with Crippen LogP contribution in [0.1, 0.15) is 89.7 Å². The lowest BCUT2D eigenvalue weighted by molar-refractivity contribution is -0.126. The van der Waals surface area contributed by atoms with Gasteiger partial charge in [0.2, 0.25) is 5.91 Å². The Morgan fingerprint density at radius 3 is 2.36 bits per heavy atom. The number of urea groups is 1. The second kappa shape index (κ2) is 14.7. The van der Waals surface area contributed by atoms with Crippen molar-refractivity contribution >= 4 is 17.6 Å². The van der Waals surface area contributed by atoms with Crippen molar-refractivity contribution in [3.63, 3.8) is 0 Å². The third-order valence-electron chi connectivity index (χ3n) is 6.87. The summed E-state index contributed by atoms with van der Waals surface area (Å²) in [7, 11) is 0. The van der Waals surface area contributed by atoms with Crippen molar-refractivity contribution in [2.45, 2.75) is 92.0 Å². The van der Waals surface area contributed by atoms with E-state index in [0.717, 1.165) is 56.2 Å². The summed E-state index contributed by atoms with van der Waals surface area (Å²) in [5, 5.41) is 10.5. The molecule has 2 rings (SSSR count). The van der Waals surface area contributed by atoms with E-state index >= 15 is 0 Å². The van der Waals surface area contributed by atoms with Crippen LogP contribution in [-0.2, 0) is 11.3 Å². The van der Waals surface area contributed by atoms with E-state index in [1.165, 1.54) is 18.4 Å². The van der Waals surface area contributed by atoms with Crippen LogP contribution in [0.4, 0.5) is 4.79 Å². The number of aryl methyl sites for hydroxylation is 1. The lowest BCUT2D eigenvalue weighted by atomic mass is 9.81. The monoisotopic (exact) mass is 456 g/mol. The standard InChI is InChI=1S/C27H44N4O2/c1-5-7-8-9-25(21(4)6-2)30-31-27(33)29-19-23-14-16-24(17-15-23)26(32)28-18-22-12-10-20(3)11-13-22/h10-13,21,23-24H,5-9,14-19H2,1-4H3,(H,28,32)(H2,29,31,33)/b30-25+/t21-,23?,24?/m0/s1. The van der Waals surface area contributed by atoms with Crippen LogP contribution in [0.3, 0.4) is 0 Å². The maximum Gasteiger partial charge on any atom is 0.335 e. The fraction of sp³-hybridized carbons (Fsp3) is 0.667. The molecule has 1 atom stereocenters. The SMILES string of the molecule is CCCCC/C(=N\NC(=O)NCC1CCC(C(=O)NCc2ccc(C)cc2)CC1)[C@@H](C)CC. The summed E-state index contributed by atoms with van der Waals surface area (Å²) in [6.07, 6.45) is 9.12. The maximum atomic E-state index is 12.5. The molecule has 0 spiro atoms.